The van der Waals surface area contributed by atoms with Crippen molar-refractivity contribution < 1.29 is 4.79 Å². The number of rotatable bonds is 5. The van der Waals surface area contributed by atoms with Crippen molar-refractivity contribution in [3.8, 4) is 0 Å². The molecule has 0 N–H and O–H groups in total. The molecule has 5 unspecified atom stereocenters. The van der Waals surface area contributed by atoms with E-state index in [1.165, 1.54) is 69.8 Å². The molecule has 5 rings (SSSR count). The number of allylic oxidation sites excluding steroid dienone is 1. The molecule has 0 bridgehead atoms. The molecule has 0 heterocycles. The van der Waals surface area contributed by atoms with Gasteiger partial charge in [0.25, 0.3) is 0 Å². The number of ketones is 1. The second-order valence-electron chi connectivity index (χ2n) is 13.8. The zero-order valence-corrected chi connectivity index (χ0v) is 21.4. The molecule has 9 atom stereocenters. The first-order valence-corrected chi connectivity index (χ1v) is 13.7. The largest absolute Gasteiger partial charge is 0.299 e. The number of carbonyl (C=O) groups excluding carboxylic acids is 1. The average Bonchev–Trinajstić information content (AvgIpc) is 3.31. The fraction of sp³-hybridized carbons (Fsp3) is 0.900. The van der Waals surface area contributed by atoms with Gasteiger partial charge in [0.05, 0.1) is 0 Å². The van der Waals surface area contributed by atoms with Gasteiger partial charge in [-0.3, -0.25) is 4.79 Å². The van der Waals surface area contributed by atoms with E-state index in [4.69, 9.17) is 0 Å². The maximum atomic E-state index is 12.5. The standard InChI is InChI=1S/C30H48O/c1-19(2)20(3)8-9-21(4)23-12-14-28(7)26-11-10-24-22(5)25(31)13-15-29(24)18-30(26,29)17-16-27(23,28)6/h19,21-24,26H,3,8-18H2,1-2,4-7H3/t21-,22+,23?,24?,26?,27-,28+,29?,30?/m1/s1. The Kier molecular flexibility index (Phi) is 4.99. The lowest BCUT2D eigenvalue weighted by atomic mass is 9.43. The predicted octanol–water partition coefficient (Wildman–Crippen LogP) is 8.23. The third kappa shape index (κ3) is 2.70. The Bertz CT molecular complexity index is 779. The normalized spacial score (nSPS) is 51.5. The van der Waals surface area contributed by atoms with Gasteiger partial charge in [-0.15, -0.1) is 0 Å². The monoisotopic (exact) mass is 424 g/mol. The summed E-state index contributed by atoms with van der Waals surface area (Å²) in [6.45, 7) is 19.2. The van der Waals surface area contributed by atoms with Gasteiger partial charge in [-0.05, 0) is 115 Å². The van der Waals surface area contributed by atoms with Crippen molar-refractivity contribution >= 4 is 5.78 Å². The molecule has 5 saturated carbocycles. The first-order valence-electron chi connectivity index (χ1n) is 13.7. The Labute approximate surface area is 192 Å². The Morgan fingerprint density at radius 1 is 1.00 bits per heavy atom. The van der Waals surface area contributed by atoms with Crippen LogP contribution in [0.5, 0.6) is 0 Å². The SMILES string of the molecule is C=C(CC[C@@H](C)C1CC[C@@]2(C)C3CCC4[C@H](C)C(=O)CCC45CC35CC[C@]12C)C(C)C. The lowest BCUT2D eigenvalue weighted by molar-refractivity contribution is -0.146. The average molecular weight is 425 g/mol. The predicted molar refractivity (Wildman–Crippen MR) is 130 cm³/mol. The topological polar surface area (TPSA) is 17.1 Å². The van der Waals surface area contributed by atoms with Crippen molar-refractivity contribution in [2.24, 2.45) is 57.2 Å². The number of Topliss-reactive ketones (excluding diaryl/α,β-unsaturated/α-hetero) is 1. The van der Waals surface area contributed by atoms with E-state index < -0.39 is 0 Å². The van der Waals surface area contributed by atoms with Crippen LogP contribution in [0.15, 0.2) is 12.2 Å². The molecule has 174 valence electrons. The zero-order chi connectivity index (χ0) is 22.4. The summed E-state index contributed by atoms with van der Waals surface area (Å²) in [5.41, 5.74) is 3.61. The van der Waals surface area contributed by atoms with Crippen LogP contribution < -0.4 is 0 Å². The minimum Gasteiger partial charge on any atom is -0.299 e. The highest BCUT2D eigenvalue weighted by molar-refractivity contribution is 5.82. The Hall–Kier alpha value is -0.590. The van der Waals surface area contributed by atoms with Crippen molar-refractivity contribution in [1.29, 1.82) is 0 Å². The van der Waals surface area contributed by atoms with Gasteiger partial charge in [0.15, 0.2) is 0 Å². The van der Waals surface area contributed by atoms with Crippen LogP contribution in [0.25, 0.3) is 0 Å². The van der Waals surface area contributed by atoms with E-state index in [0.717, 1.165) is 24.2 Å². The lowest BCUT2D eigenvalue weighted by Crippen LogP contribution is -2.55. The summed E-state index contributed by atoms with van der Waals surface area (Å²) in [5, 5.41) is 0. The number of hydrogen-bond donors (Lipinski definition) is 0. The fourth-order valence-electron chi connectivity index (χ4n) is 10.7. The Morgan fingerprint density at radius 2 is 1.74 bits per heavy atom. The van der Waals surface area contributed by atoms with Crippen LogP contribution in [0.2, 0.25) is 0 Å². The van der Waals surface area contributed by atoms with Crippen LogP contribution in [0.1, 0.15) is 112 Å². The molecule has 0 aliphatic heterocycles. The summed E-state index contributed by atoms with van der Waals surface area (Å²) in [5.74, 6) is 4.84. The third-order valence-corrected chi connectivity index (χ3v) is 13.0. The van der Waals surface area contributed by atoms with Crippen molar-refractivity contribution in [1.82, 2.24) is 0 Å². The molecule has 0 radical (unpaired) electrons. The summed E-state index contributed by atoms with van der Waals surface area (Å²) in [7, 11) is 0. The van der Waals surface area contributed by atoms with Gasteiger partial charge < -0.3 is 0 Å². The van der Waals surface area contributed by atoms with Crippen LogP contribution in [0, 0.1) is 57.2 Å². The molecule has 1 heteroatoms. The lowest BCUT2D eigenvalue weighted by Gasteiger charge is -2.61. The Morgan fingerprint density at radius 3 is 2.45 bits per heavy atom. The molecule has 0 aromatic carbocycles. The van der Waals surface area contributed by atoms with Crippen molar-refractivity contribution in [3.05, 3.63) is 12.2 Å². The van der Waals surface area contributed by atoms with Gasteiger partial charge in [-0.25, -0.2) is 0 Å². The molecule has 5 aliphatic rings. The molecular weight excluding hydrogens is 376 g/mol. The maximum absolute atomic E-state index is 12.5. The second-order valence-corrected chi connectivity index (χ2v) is 13.8. The molecule has 0 amide bonds. The molecule has 0 aromatic rings. The maximum Gasteiger partial charge on any atom is 0.136 e. The highest BCUT2D eigenvalue weighted by Crippen LogP contribution is 2.88. The van der Waals surface area contributed by atoms with Gasteiger partial charge in [-0.2, -0.15) is 0 Å². The molecule has 0 aromatic heterocycles. The number of hydrogen-bond acceptors (Lipinski definition) is 1. The second kappa shape index (κ2) is 6.96. The molecule has 2 spiro atoms. The van der Waals surface area contributed by atoms with Gasteiger partial charge >= 0.3 is 0 Å². The van der Waals surface area contributed by atoms with Gasteiger partial charge in [-0.1, -0.05) is 53.7 Å². The minimum absolute atomic E-state index is 0.334. The first kappa shape index (κ1) is 22.2. The Balaban J connectivity index is 1.38. The summed E-state index contributed by atoms with van der Waals surface area (Å²) in [6.07, 6.45) is 14.6. The van der Waals surface area contributed by atoms with E-state index in [1.807, 2.05) is 0 Å². The molecule has 5 fully saturated rings. The van der Waals surface area contributed by atoms with Crippen LogP contribution in [-0.4, -0.2) is 5.78 Å². The van der Waals surface area contributed by atoms with Crippen LogP contribution in [0.3, 0.4) is 0 Å². The van der Waals surface area contributed by atoms with E-state index >= 15 is 0 Å². The zero-order valence-electron chi connectivity index (χ0n) is 21.4. The number of carbonyl (C=O) groups is 1. The minimum atomic E-state index is 0.334. The summed E-state index contributed by atoms with van der Waals surface area (Å²) in [4.78, 5) is 12.5. The summed E-state index contributed by atoms with van der Waals surface area (Å²) >= 11 is 0. The van der Waals surface area contributed by atoms with E-state index in [1.54, 1.807) is 0 Å². The highest BCUT2D eigenvalue weighted by atomic mass is 16.1. The van der Waals surface area contributed by atoms with Crippen LogP contribution in [0.4, 0.5) is 0 Å². The molecular formula is C30H48O. The van der Waals surface area contributed by atoms with Crippen LogP contribution >= 0.6 is 0 Å². The van der Waals surface area contributed by atoms with E-state index in [-0.39, 0.29) is 0 Å². The quantitative estimate of drug-likeness (QED) is 0.406. The van der Waals surface area contributed by atoms with E-state index in [9.17, 15) is 4.79 Å². The number of fused-ring (bicyclic) bond motifs is 2. The van der Waals surface area contributed by atoms with Crippen molar-refractivity contribution in [2.45, 2.75) is 112 Å². The van der Waals surface area contributed by atoms with Crippen LogP contribution in [-0.2, 0) is 4.79 Å². The van der Waals surface area contributed by atoms with Gasteiger partial charge in [0, 0.05) is 12.3 Å². The fourth-order valence-corrected chi connectivity index (χ4v) is 10.7. The van der Waals surface area contributed by atoms with Gasteiger partial charge in [0.2, 0.25) is 0 Å². The molecule has 0 saturated heterocycles. The summed E-state index contributed by atoms with van der Waals surface area (Å²) in [6, 6.07) is 0. The third-order valence-electron chi connectivity index (χ3n) is 13.0. The van der Waals surface area contributed by atoms with Crippen molar-refractivity contribution in [3.63, 3.8) is 0 Å². The molecule has 5 aliphatic carbocycles. The van der Waals surface area contributed by atoms with E-state index in [0.29, 0.717) is 45.2 Å². The smallest absolute Gasteiger partial charge is 0.136 e. The molecule has 1 nitrogen and oxygen atoms in total. The van der Waals surface area contributed by atoms with Gasteiger partial charge in [0.1, 0.15) is 5.78 Å². The van der Waals surface area contributed by atoms with E-state index in [2.05, 4.69) is 48.1 Å². The summed E-state index contributed by atoms with van der Waals surface area (Å²) < 4.78 is 0. The highest BCUT2D eigenvalue weighted by Gasteiger charge is 2.81. The molecule has 31 heavy (non-hydrogen) atoms. The first-order chi connectivity index (χ1) is 14.5. The van der Waals surface area contributed by atoms with Crippen molar-refractivity contribution in [2.75, 3.05) is 0 Å².